The van der Waals surface area contributed by atoms with Crippen molar-refractivity contribution in [1.82, 2.24) is 13.7 Å². The zero-order chi connectivity index (χ0) is 87.4. The minimum absolute atomic E-state index is 0.0958. The first kappa shape index (κ1) is 49.9. The Morgan fingerprint density at radius 3 is 1.19 bits per heavy atom. The van der Waals surface area contributed by atoms with Crippen LogP contribution >= 0.6 is 0 Å². The summed E-state index contributed by atoms with van der Waals surface area (Å²) >= 11 is 0. The van der Waals surface area contributed by atoms with Crippen molar-refractivity contribution < 1.29 is 26.3 Å². The Kier molecular flexibility index (Phi) is 10.9. The molecule has 19 aromatic rings. The van der Waals surface area contributed by atoms with Crippen molar-refractivity contribution >= 4 is 145 Å². The molecule has 0 unspecified atom stereocenters. The number of furan rings is 1. The van der Waals surface area contributed by atoms with Crippen LogP contribution in [0.15, 0.2) is 326 Å². The zero-order valence-electron chi connectivity index (χ0n) is 77.6. The summed E-state index contributed by atoms with van der Waals surface area (Å²) in [5.74, 6) is 0. The summed E-state index contributed by atoms with van der Waals surface area (Å²) in [7, 11) is 0. The van der Waals surface area contributed by atoms with Crippen LogP contribution in [0.25, 0.3) is 138 Å². The summed E-state index contributed by atoms with van der Waals surface area (Å²) in [5.41, 5.74) is 16.9. The number of anilines is 6. The van der Waals surface area contributed by atoms with E-state index < -0.39 is 109 Å². The molecule has 0 saturated heterocycles. The van der Waals surface area contributed by atoms with E-state index in [1.54, 1.807) is 4.57 Å². The average Bonchev–Trinajstić information content (AvgIpc) is 1.66. The Bertz CT molecular complexity index is 7730. The topological polar surface area (TPSA) is 34.4 Å². The van der Waals surface area contributed by atoms with Gasteiger partial charge in [-0.1, -0.05) is 268 Å². The Balaban J connectivity index is 1.01. The Morgan fingerprint density at radius 1 is 0.294 bits per heavy atom. The molecule has 7 heteroatoms. The first-order valence-electron chi connectivity index (χ1n) is 45.1. The molecule has 4 aromatic heterocycles. The zero-order valence-corrected chi connectivity index (χ0v) is 61.6. The van der Waals surface area contributed by atoms with Gasteiger partial charge in [0.15, 0.2) is 0 Å². The van der Waals surface area contributed by atoms with E-state index in [2.05, 4.69) is 174 Å². The summed E-state index contributed by atoms with van der Waals surface area (Å²) < 4.78 is 167. The van der Waals surface area contributed by atoms with E-state index in [-0.39, 0.29) is 65.8 Å². The fraction of sp³-hybridized carbons (Fsp3) is 0.118. The molecule has 21 rings (SSSR count). The van der Waals surface area contributed by atoms with Gasteiger partial charge in [-0.3, -0.25) is 0 Å². The van der Waals surface area contributed by atoms with Crippen LogP contribution in [0.2, 0.25) is 0 Å². The number of para-hydroxylation sites is 5. The quantitative estimate of drug-likeness (QED) is 0.142. The van der Waals surface area contributed by atoms with Crippen molar-refractivity contribution in [3.63, 3.8) is 0 Å². The predicted molar refractivity (Wildman–Crippen MR) is 463 cm³/mol. The fourth-order valence-corrected chi connectivity index (χ4v) is 17.2. The summed E-state index contributed by atoms with van der Waals surface area (Å²) in [4.78, 5) is 4.48. The van der Waals surface area contributed by atoms with E-state index in [9.17, 15) is 19.2 Å². The Labute approximate surface area is 658 Å². The molecule has 0 amide bonds. The molecule has 522 valence electrons. The Morgan fingerprint density at radius 2 is 0.706 bits per heavy atom. The van der Waals surface area contributed by atoms with Crippen LogP contribution < -0.4 is 26.2 Å². The molecular formula is C102H80BN5O. The number of benzene rings is 15. The normalized spacial score (nSPS) is 15.2. The molecule has 2 aliphatic rings. The van der Waals surface area contributed by atoms with Crippen LogP contribution in [-0.2, 0) is 16.2 Å². The van der Waals surface area contributed by atoms with Crippen molar-refractivity contribution in [3.8, 4) is 50.4 Å². The summed E-state index contributed by atoms with van der Waals surface area (Å²) in [5, 5.41) is 3.02. The van der Waals surface area contributed by atoms with Crippen molar-refractivity contribution in [2.45, 2.75) is 78.6 Å². The highest BCUT2D eigenvalue weighted by Gasteiger charge is 2.46. The SMILES string of the molecule is [2H]c1c([2H])c([2H])c2c(c1[2H])c1c([2H])c([2H])c([2H])c([2H])c1n2-c1ccc2c(c1)N(c1cc(-c3ccccc3)cc3oc4ccccc4c13)c1cc(-n3c4c([2H])c([2H])c([2H])c([2H])c4c4c([2H])c([2H])c([2H])c([2H])c43)cc3c1B2c1ccc(-n2c4ccc(C(C)(C)C)cc4c4cc(C(C)(C)C)ccc42)cc1N3c1c(-c2ccccc2)cc(C(C)(C)C)cc1-c1ccccc1. The molecule has 0 atom stereocenters. The predicted octanol–water partition coefficient (Wildman–Crippen LogP) is 25.9. The second-order valence-corrected chi connectivity index (χ2v) is 32.1. The Hall–Kier alpha value is -12.8. The maximum absolute atomic E-state index is 10.3. The van der Waals surface area contributed by atoms with Crippen LogP contribution in [0.1, 0.15) is 101 Å². The number of nitrogens with zero attached hydrogens (tertiary/aromatic N) is 5. The molecule has 6 nitrogen and oxygen atoms in total. The van der Waals surface area contributed by atoms with Crippen LogP contribution in [0.3, 0.4) is 0 Å². The highest BCUT2D eigenvalue weighted by molar-refractivity contribution is 7.00. The third kappa shape index (κ3) is 9.95. The van der Waals surface area contributed by atoms with E-state index in [0.29, 0.717) is 55.9 Å². The largest absolute Gasteiger partial charge is 0.456 e. The molecule has 0 spiro atoms. The molecule has 6 heterocycles. The minimum Gasteiger partial charge on any atom is -0.456 e. The fourth-order valence-electron chi connectivity index (χ4n) is 17.2. The first-order chi connectivity index (χ1) is 59.6. The van der Waals surface area contributed by atoms with Gasteiger partial charge in [0.2, 0.25) is 0 Å². The van der Waals surface area contributed by atoms with Gasteiger partial charge >= 0.3 is 0 Å². The molecule has 0 saturated carbocycles. The highest BCUT2D eigenvalue weighted by atomic mass is 16.3. The van der Waals surface area contributed by atoms with Gasteiger partial charge in [0.1, 0.15) is 11.2 Å². The third-order valence-electron chi connectivity index (χ3n) is 22.5. The minimum atomic E-state index is -0.833. The van der Waals surface area contributed by atoms with Gasteiger partial charge in [0.25, 0.3) is 6.71 Å². The first-order valence-corrected chi connectivity index (χ1v) is 37.1. The lowest BCUT2D eigenvalue weighted by Crippen LogP contribution is -2.61. The summed E-state index contributed by atoms with van der Waals surface area (Å²) in [6.07, 6.45) is 0. The molecule has 0 aliphatic carbocycles. The molecule has 15 aromatic carbocycles. The van der Waals surface area contributed by atoms with Gasteiger partial charge in [-0.15, -0.1) is 0 Å². The van der Waals surface area contributed by atoms with E-state index in [1.165, 1.54) is 4.57 Å². The van der Waals surface area contributed by atoms with Crippen LogP contribution in [0, 0.1) is 0 Å². The molecule has 0 fully saturated rings. The number of rotatable bonds is 8. The number of hydrogen-bond donors (Lipinski definition) is 0. The van der Waals surface area contributed by atoms with Gasteiger partial charge in [0.05, 0.1) is 77.5 Å². The third-order valence-corrected chi connectivity index (χ3v) is 22.5. The summed E-state index contributed by atoms with van der Waals surface area (Å²) in [6, 6.07) is 68.1. The second-order valence-electron chi connectivity index (χ2n) is 32.1. The molecule has 0 radical (unpaired) electrons. The lowest BCUT2D eigenvalue weighted by molar-refractivity contribution is 0.590. The highest BCUT2D eigenvalue weighted by Crippen LogP contribution is 2.55. The molecular weight excluding hydrogens is 1320 g/mol. The number of hydrogen-bond acceptors (Lipinski definition) is 3. The van der Waals surface area contributed by atoms with E-state index in [0.717, 1.165) is 94.1 Å². The molecule has 0 bridgehead atoms. The van der Waals surface area contributed by atoms with Crippen molar-refractivity contribution in [2.24, 2.45) is 0 Å². The van der Waals surface area contributed by atoms with Crippen molar-refractivity contribution in [2.75, 3.05) is 9.80 Å². The van der Waals surface area contributed by atoms with Crippen LogP contribution in [0.5, 0.6) is 0 Å². The van der Waals surface area contributed by atoms with E-state index in [1.807, 2.05) is 127 Å². The smallest absolute Gasteiger partial charge is 0.252 e. The number of fused-ring (bicyclic) bond motifs is 16. The molecule has 2 aliphatic heterocycles. The second kappa shape index (κ2) is 23.8. The maximum atomic E-state index is 10.3. The number of aromatic nitrogens is 3. The van der Waals surface area contributed by atoms with Gasteiger partial charge in [0, 0.05) is 83.0 Å². The maximum Gasteiger partial charge on any atom is 0.252 e. The van der Waals surface area contributed by atoms with Gasteiger partial charge in [-0.25, -0.2) is 0 Å². The summed E-state index contributed by atoms with van der Waals surface area (Å²) in [6.45, 7) is 19.1. The molecule has 0 N–H and O–H groups in total. The van der Waals surface area contributed by atoms with Gasteiger partial charge in [-0.2, -0.15) is 0 Å². The van der Waals surface area contributed by atoms with E-state index >= 15 is 0 Å². The van der Waals surface area contributed by atoms with Gasteiger partial charge < -0.3 is 27.9 Å². The average molecular weight is 1420 g/mol. The van der Waals surface area contributed by atoms with Crippen molar-refractivity contribution in [1.29, 1.82) is 0 Å². The van der Waals surface area contributed by atoms with Crippen LogP contribution in [0.4, 0.5) is 34.1 Å². The lowest BCUT2D eigenvalue weighted by Gasteiger charge is -2.45. The monoisotopic (exact) mass is 1420 g/mol. The van der Waals surface area contributed by atoms with Crippen molar-refractivity contribution in [3.05, 3.63) is 338 Å². The lowest BCUT2D eigenvalue weighted by atomic mass is 9.33. The van der Waals surface area contributed by atoms with Gasteiger partial charge in [-0.05, 0) is 187 Å². The molecule has 109 heavy (non-hydrogen) atoms. The van der Waals surface area contributed by atoms with Crippen LogP contribution in [-0.4, -0.2) is 20.4 Å². The standard InChI is InChI=1S/C102H80BN5O/c1-100(2,3)67-45-51-88-80(55-67)81-56-68(101(4,5)6)46-52-89(81)105(88)71-48-50-83-91(60-71)108(99-78(64-31-15-11-16-32-64)57-69(102(7,8)9)58-79(99)65-33-17-12-18-34-65)94-62-72(106-86-42-26-21-37-75(86)76-38-22-27-43-87(76)106)61-93-98(94)103(83)82-49-47-70(104-84-40-24-19-35-73(84)74-36-20-25-41-85(74)104)59-90(82)107(93)92-53-66(63-29-13-10-14-30-63)54-96-97(92)77-39-23-28-44-95(77)109-96/h10-62H,1-9H3/i19D,20D,21D,22D,24D,25D,26D,27D,35D,36D,37D,38D,40D,41D,42D,43D. The van der Waals surface area contributed by atoms with E-state index in [4.69, 9.17) is 7.16 Å².